The Labute approximate surface area is 209 Å². The van der Waals surface area contributed by atoms with Gasteiger partial charge in [0.15, 0.2) is 0 Å². The quantitative estimate of drug-likeness (QED) is 0.401. The number of pyridine rings is 1. The fourth-order valence-corrected chi connectivity index (χ4v) is 4.29. The minimum absolute atomic E-state index is 0.159. The first-order valence-corrected chi connectivity index (χ1v) is 11.7. The van der Waals surface area contributed by atoms with E-state index in [0.717, 1.165) is 27.9 Å². The maximum absolute atomic E-state index is 13.0. The first-order chi connectivity index (χ1) is 17.5. The highest BCUT2D eigenvalue weighted by Gasteiger charge is 2.28. The molecule has 0 unspecified atom stereocenters. The number of carbonyl (C=O) groups excluding carboxylic acids is 2. The summed E-state index contributed by atoms with van der Waals surface area (Å²) in [5, 5.41) is 10.1. The molecule has 4 N–H and O–H groups in total. The van der Waals surface area contributed by atoms with Gasteiger partial charge in [-0.2, -0.15) is 5.10 Å². The van der Waals surface area contributed by atoms with Crippen LogP contribution in [0.1, 0.15) is 16.8 Å². The fourth-order valence-electron chi connectivity index (χ4n) is 4.29. The number of rotatable bonds is 5. The molecule has 0 radical (unpaired) electrons. The number of nitrogen functional groups attached to an aromatic ring is 1. The average molecular weight is 482 g/mol. The van der Waals surface area contributed by atoms with Crippen LogP contribution in [-0.2, 0) is 7.05 Å². The fraction of sp³-hybridized carbons (Fsp3) is 0.185. The molecule has 0 saturated carbocycles. The molecule has 2 aromatic heterocycles. The molecule has 182 valence electrons. The highest BCUT2D eigenvalue weighted by molar-refractivity contribution is 5.99. The summed E-state index contributed by atoms with van der Waals surface area (Å²) >= 11 is 0. The number of benzene rings is 2. The van der Waals surface area contributed by atoms with Crippen LogP contribution in [0.25, 0.3) is 22.3 Å². The Morgan fingerprint density at radius 3 is 2.44 bits per heavy atom. The Morgan fingerprint density at radius 1 is 0.972 bits per heavy atom. The van der Waals surface area contributed by atoms with Crippen LogP contribution < -0.4 is 16.4 Å². The number of amides is 3. The lowest BCUT2D eigenvalue weighted by Crippen LogP contribution is -2.40. The van der Waals surface area contributed by atoms with Crippen LogP contribution in [0.4, 0.5) is 16.3 Å². The summed E-state index contributed by atoms with van der Waals surface area (Å²) in [6.45, 7) is 0.956. The molecule has 4 aromatic rings. The van der Waals surface area contributed by atoms with E-state index in [-0.39, 0.29) is 23.8 Å². The van der Waals surface area contributed by atoms with Crippen molar-refractivity contribution < 1.29 is 9.59 Å². The monoisotopic (exact) mass is 481 g/mol. The summed E-state index contributed by atoms with van der Waals surface area (Å²) in [6, 6.07) is 19.2. The average Bonchev–Trinajstić information content (AvgIpc) is 3.54. The van der Waals surface area contributed by atoms with Crippen molar-refractivity contribution in [1.29, 1.82) is 0 Å². The first kappa shape index (κ1) is 23.1. The lowest BCUT2D eigenvalue weighted by atomic mass is 10.1. The van der Waals surface area contributed by atoms with Crippen LogP contribution in [0.2, 0.25) is 0 Å². The SMILES string of the molecule is Cn1cc(-c2cnc(N)c(C(=O)N[C@@H]3CCN(C(=O)Nc4ccc(-c5ccccc5)cc4)C3)c2)cn1. The second-order valence-corrected chi connectivity index (χ2v) is 8.84. The van der Waals surface area contributed by atoms with Crippen molar-refractivity contribution in [3.05, 3.63) is 84.8 Å². The Kier molecular flexibility index (Phi) is 6.36. The number of hydrogen-bond acceptors (Lipinski definition) is 5. The number of hydrogen-bond donors (Lipinski definition) is 3. The Morgan fingerprint density at radius 2 is 1.72 bits per heavy atom. The maximum atomic E-state index is 13.0. The molecule has 3 amide bonds. The minimum atomic E-state index is -0.311. The van der Waals surface area contributed by atoms with E-state index < -0.39 is 0 Å². The summed E-state index contributed by atoms with van der Waals surface area (Å²) < 4.78 is 1.68. The number of nitrogens with zero attached hydrogens (tertiary/aromatic N) is 4. The van der Waals surface area contributed by atoms with E-state index in [9.17, 15) is 9.59 Å². The van der Waals surface area contributed by atoms with Crippen molar-refractivity contribution in [3.8, 4) is 22.3 Å². The van der Waals surface area contributed by atoms with Crippen LogP contribution >= 0.6 is 0 Å². The predicted molar refractivity (Wildman–Crippen MR) is 139 cm³/mol. The zero-order valence-corrected chi connectivity index (χ0v) is 19.9. The zero-order chi connectivity index (χ0) is 25.1. The van der Waals surface area contributed by atoms with E-state index in [1.165, 1.54) is 0 Å². The molecule has 36 heavy (non-hydrogen) atoms. The lowest BCUT2D eigenvalue weighted by Gasteiger charge is -2.18. The summed E-state index contributed by atoms with van der Waals surface area (Å²) in [7, 11) is 1.82. The maximum Gasteiger partial charge on any atom is 0.321 e. The molecule has 1 aliphatic rings. The Balaban J connectivity index is 1.18. The molecule has 1 saturated heterocycles. The van der Waals surface area contributed by atoms with Gasteiger partial charge in [-0.15, -0.1) is 0 Å². The van der Waals surface area contributed by atoms with Gasteiger partial charge >= 0.3 is 6.03 Å². The van der Waals surface area contributed by atoms with Gasteiger partial charge in [-0.25, -0.2) is 9.78 Å². The molecule has 5 rings (SSSR count). The van der Waals surface area contributed by atoms with Crippen molar-refractivity contribution >= 4 is 23.4 Å². The number of nitrogens with one attached hydrogen (secondary N) is 2. The second kappa shape index (κ2) is 9.91. The molecular formula is C27H27N7O2. The molecule has 0 spiro atoms. The summed E-state index contributed by atoms with van der Waals surface area (Å²) in [5.74, 6) is -0.152. The highest BCUT2D eigenvalue weighted by atomic mass is 16.2. The standard InChI is InChI=1S/C27H27N7O2/c1-33-16-21(15-30-33)20-13-24(25(28)29-14-20)26(35)31-23-11-12-34(17-23)27(36)32-22-9-7-19(8-10-22)18-5-3-2-4-6-18/h2-10,13-16,23H,11-12,17H2,1H3,(H2,28,29)(H,31,35)(H,32,36)/t23-/m1/s1. The molecule has 0 bridgehead atoms. The van der Waals surface area contributed by atoms with Gasteiger partial charge in [-0.1, -0.05) is 42.5 Å². The van der Waals surface area contributed by atoms with Gasteiger partial charge in [0, 0.05) is 55.4 Å². The van der Waals surface area contributed by atoms with Gasteiger partial charge in [-0.3, -0.25) is 9.48 Å². The number of nitrogens with two attached hydrogens (primary N) is 1. The zero-order valence-electron chi connectivity index (χ0n) is 19.9. The van der Waals surface area contributed by atoms with Crippen molar-refractivity contribution in [2.75, 3.05) is 24.1 Å². The number of likely N-dealkylation sites (tertiary alicyclic amines) is 1. The van der Waals surface area contributed by atoms with Crippen LogP contribution in [-0.4, -0.2) is 50.7 Å². The smallest absolute Gasteiger partial charge is 0.321 e. The number of aromatic nitrogens is 3. The number of urea groups is 1. The number of aryl methyl sites for hydroxylation is 1. The van der Waals surface area contributed by atoms with Gasteiger partial charge in [0.05, 0.1) is 11.8 Å². The van der Waals surface area contributed by atoms with Crippen LogP contribution in [0.3, 0.4) is 0 Å². The topological polar surface area (TPSA) is 118 Å². The van der Waals surface area contributed by atoms with Gasteiger partial charge < -0.3 is 21.3 Å². The number of anilines is 2. The lowest BCUT2D eigenvalue weighted by molar-refractivity contribution is 0.0938. The molecular weight excluding hydrogens is 454 g/mol. The van der Waals surface area contributed by atoms with E-state index in [2.05, 4.69) is 20.7 Å². The van der Waals surface area contributed by atoms with Gasteiger partial charge in [0.25, 0.3) is 5.91 Å². The van der Waals surface area contributed by atoms with Crippen molar-refractivity contribution in [1.82, 2.24) is 25.0 Å². The number of carbonyl (C=O) groups is 2. The molecule has 1 atom stereocenters. The van der Waals surface area contributed by atoms with Crippen molar-refractivity contribution in [2.24, 2.45) is 7.05 Å². The van der Waals surface area contributed by atoms with Crippen LogP contribution in [0.15, 0.2) is 79.3 Å². The van der Waals surface area contributed by atoms with E-state index in [4.69, 9.17) is 5.73 Å². The van der Waals surface area contributed by atoms with E-state index >= 15 is 0 Å². The van der Waals surface area contributed by atoms with Gasteiger partial charge in [0.1, 0.15) is 5.82 Å². The second-order valence-electron chi connectivity index (χ2n) is 8.84. The van der Waals surface area contributed by atoms with Crippen LogP contribution in [0, 0.1) is 0 Å². The Hall–Kier alpha value is -4.66. The third kappa shape index (κ3) is 5.05. The minimum Gasteiger partial charge on any atom is -0.383 e. The van der Waals surface area contributed by atoms with Crippen molar-refractivity contribution in [2.45, 2.75) is 12.5 Å². The molecule has 9 heteroatoms. The third-order valence-corrected chi connectivity index (χ3v) is 6.26. The highest BCUT2D eigenvalue weighted by Crippen LogP contribution is 2.23. The van der Waals surface area contributed by atoms with E-state index in [1.807, 2.05) is 67.8 Å². The predicted octanol–water partition coefficient (Wildman–Crippen LogP) is 3.77. The third-order valence-electron chi connectivity index (χ3n) is 6.26. The Bertz CT molecular complexity index is 1380. The first-order valence-electron chi connectivity index (χ1n) is 11.7. The van der Waals surface area contributed by atoms with E-state index in [1.54, 1.807) is 28.0 Å². The summed E-state index contributed by atoms with van der Waals surface area (Å²) in [4.78, 5) is 31.6. The molecule has 0 aliphatic carbocycles. The van der Waals surface area contributed by atoms with Crippen LogP contribution in [0.5, 0.6) is 0 Å². The molecule has 9 nitrogen and oxygen atoms in total. The molecule has 2 aromatic carbocycles. The van der Waals surface area contributed by atoms with E-state index in [0.29, 0.717) is 25.1 Å². The van der Waals surface area contributed by atoms with Gasteiger partial charge in [-0.05, 0) is 35.7 Å². The summed E-state index contributed by atoms with van der Waals surface area (Å²) in [6.07, 6.45) is 5.83. The summed E-state index contributed by atoms with van der Waals surface area (Å²) in [5.41, 5.74) is 10.8. The molecule has 3 heterocycles. The molecule has 1 fully saturated rings. The molecule has 1 aliphatic heterocycles. The van der Waals surface area contributed by atoms with Crippen molar-refractivity contribution in [3.63, 3.8) is 0 Å². The largest absolute Gasteiger partial charge is 0.383 e. The van der Waals surface area contributed by atoms with Gasteiger partial charge in [0.2, 0.25) is 0 Å². The normalized spacial score (nSPS) is 15.0.